The summed E-state index contributed by atoms with van der Waals surface area (Å²) in [4.78, 5) is 35.7. The molecule has 1 aliphatic heterocycles. The van der Waals surface area contributed by atoms with Crippen LogP contribution in [-0.4, -0.2) is 28.6 Å². The van der Waals surface area contributed by atoms with E-state index in [2.05, 4.69) is 17.1 Å². The average Bonchev–Trinajstić information content (AvgIpc) is 2.79. The molecule has 0 N–H and O–H groups in total. The highest BCUT2D eigenvalue weighted by atomic mass is 16.5. The van der Waals surface area contributed by atoms with Gasteiger partial charge in [0.15, 0.2) is 5.78 Å². The molecule has 1 aromatic carbocycles. The molecule has 0 amide bonds. The summed E-state index contributed by atoms with van der Waals surface area (Å²) >= 11 is 0. The third-order valence-corrected chi connectivity index (χ3v) is 6.35. The molecule has 31 heavy (non-hydrogen) atoms. The topological polar surface area (TPSA) is 68.6 Å². The van der Waals surface area contributed by atoms with E-state index in [1.807, 2.05) is 51.1 Å². The number of nitrogens with zero attached hydrogens (tertiary/aromatic N) is 2. The molecule has 5 heteroatoms. The van der Waals surface area contributed by atoms with Crippen LogP contribution in [0.2, 0.25) is 0 Å². The molecule has 0 saturated heterocycles. The van der Waals surface area contributed by atoms with Crippen molar-refractivity contribution in [3.8, 4) is 0 Å². The highest BCUT2D eigenvalue weighted by molar-refractivity contribution is 6.09. The Labute approximate surface area is 183 Å². The summed E-state index contributed by atoms with van der Waals surface area (Å²) in [5.74, 6) is -1.20. The van der Waals surface area contributed by atoms with Crippen molar-refractivity contribution in [2.75, 3.05) is 0 Å². The van der Waals surface area contributed by atoms with Gasteiger partial charge in [-0.25, -0.2) is 0 Å². The molecule has 160 valence electrons. The van der Waals surface area contributed by atoms with Crippen molar-refractivity contribution in [2.24, 2.45) is 10.9 Å². The maximum Gasteiger partial charge on any atom is 0.315 e. The van der Waals surface area contributed by atoms with Crippen molar-refractivity contribution in [1.29, 1.82) is 0 Å². The van der Waals surface area contributed by atoms with Gasteiger partial charge in [0, 0.05) is 41.7 Å². The van der Waals surface area contributed by atoms with Crippen LogP contribution in [0.25, 0.3) is 0 Å². The molecule has 1 aromatic heterocycles. The number of rotatable bonds is 5. The number of carbonyl (C=O) groups excluding carboxylic acids is 2. The van der Waals surface area contributed by atoms with E-state index in [0.717, 1.165) is 23.2 Å². The summed E-state index contributed by atoms with van der Waals surface area (Å²) in [6.45, 7) is 5.73. The van der Waals surface area contributed by atoms with Gasteiger partial charge in [-0.15, -0.1) is 0 Å². The quantitative estimate of drug-likeness (QED) is 0.644. The second-order valence-corrected chi connectivity index (χ2v) is 8.45. The Morgan fingerprint density at radius 3 is 2.55 bits per heavy atom. The van der Waals surface area contributed by atoms with E-state index in [0.29, 0.717) is 24.1 Å². The number of pyridine rings is 1. The summed E-state index contributed by atoms with van der Waals surface area (Å²) < 4.78 is 5.69. The van der Waals surface area contributed by atoms with Crippen LogP contribution in [0.4, 0.5) is 0 Å². The maximum atomic E-state index is 13.4. The second-order valence-electron chi connectivity index (χ2n) is 8.45. The van der Waals surface area contributed by atoms with Crippen molar-refractivity contribution < 1.29 is 14.3 Å². The van der Waals surface area contributed by atoms with Crippen LogP contribution in [0.5, 0.6) is 0 Å². The number of hydrogen-bond acceptors (Lipinski definition) is 5. The van der Waals surface area contributed by atoms with Gasteiger partial charge in [-0.3, -0.25) is 19.6 Å². The third kappa shape index (κ3) is 4.22. The molecule has 4 rings (SSSR count). The van der Waals surface area contributed by atoms with E-state index in [1.165, 1.54) is 0 Å². The largest absolute Gasteiger partial charge is 0.462 e. The molecule has 0 saturated carbocycles. The first-order valence-electron chi connectivity index (χ1n) is 11.0. The third-order valence-electron chi connectivity index (χ3n) is 6.35. The van der Waals surface area contributed by atoms with Crippen LogP contribution < -0.4 is 0 Å². The minimum atomic E-state index is -0.617. The van der Waals surface area contributed by atoms with E-state index in [-0.39, 0.29) is 23.8 Å². The molecular formula is C26H28N2O3. The fraction of sp³-hybridized carbons (Fsp3) is 0.385. The van der Waals surface area contributed by atoms with E-state index in [1.54, 1.807) is 12.4 Å². The zero-order valence-corrected chi connectivity index (χ0v) is 18.2. The monoisotopic (exact) mass is 416 g/mol. The summed E-state index contributed by atoms with van der Waals surface area (Å²) in [5, 5.41) is 0. The number of aliphatic imine (C=N–C) groups is 1. The summed E-state index contributed by atoms with van der Waals surface area (Å²) in [5.41, 5.74) is 4.14. The number of aromatic nitrogens is 1. The number of ether oxygens (including phenoxy) is 1. The van der Waals surface area contributed by atoms with Crippen molar-refractivity contribution in [2.45, 2.75) is 58.0 Å². The molecular weight excluding hydrogens is 388 g/mol. The van der Waals surface area contributed by atoms with Crippen LogP contribution in [-0.2, 0) is 14.3 Å². The van der Waals surface area contributed by atoms with Crippen LogP contribution in [0.1, 0.15) is 63.0 Å². The Balaban J connectivity index is 1.76. The average molecular weight is 417 g/mol. The number of ketones is 1. The number of carbonyl (C=O) groups is 2. The molecule has 0 fully saturated rings. The Bertz CT molecular complexity index is 1030. The second kappa shape index (κ2) is 8.96. The minimum absolute atomic E-state index is 0.0570. The fourth-order valence-corrected chi connectivity index (χ4v) is 4.60. The number of benzene rings is 1. The summed E-state index contributed by atoms with van der Waals surface area (Å²) in [7, 11) is 0. The fourth-order valence-electron chi connectivity index (χ4n) is 4.60. The van der Waals surface area contributed by atoms with Crippen molar-refractivity contribution in [3.63, 3.8) is 0 Å². The minimum Gasteiger partial charge on any atom is -0.462 e. The summed E-state index contributed by atoms with van der Waals surface area (Å²) in [6, 6.07) is 13.9. The van der Waals surface area contributed by atoms with E-state index in [4.69, 9.17) is 9.73 Å². The van der Waals surface area contributed by atoms with Gasteiger partial charge in [-0.05, 0) is 49.8 Å². The Morgan fingerprint density at radius 1 is 1.13 bits per heavy atom. The zero-order valence-electron chi connectivity index (χ0n) is 18.2. The SMILES string of the molecule is CC[C@@H](C)OC(=O)C1C(C)=NC2=C(C(=O)C[C@H](c3ccccc3)C2)[C@@H]1c1cccnc1. The van der Waals surface area contributed by atoms with Crippen molar-refractivity contribution >= 4 is 17.5 Å². The van der Waals surface area contributed by atoms with Crippen molar-refractivity contribution in [1.82, 2.24) is 4.98 Å². The predicted molar refractivity (Wildman–Crippen MR) is 120 cm³/mol. The van der Waals surface area contributed by atoms with Gasteiger partial charge in [0.1, 0.15) is 5.92 Å². The van der Waals surface area contributed by atoms with Gasteiger partial charge in [-0.1, -0.05) is 43.3 Å². The van der Waals surface area contributed by atoms with Gasteiger partial charge < -0.3 is 4.74 Å². The Hall–Kier alpha value is -3.08. The van der Waals surface area contributed by atoms with Gasteiger partial charge in [0.2, 0.25) is 0 Å². The van der Waals surface area contributed by atoms with Crippen LogP contribution in [0.3, 0.4) is 0 Å². The van der Waals surface area contributed by atoms with E-state index < -0.39 is 11.8 Å². The van der Waals surface area contributed by atoms with Crippen LogP contribution in [0.15, 0.2) is 71.1 Å². The maximum absolute atomic E-state index is 13.4. The molecule has 2 aromatic rings. The molecule has 5 nitrogen and oxygen atoms in total. The zero-order chi connectivity index (χ0) is 22.0. The number of Topliss-reactive ketones (excluding diaryl/α,β-unsaturated/α-hetero) is 1. The molecule has 2 heterocycles. The van der Waals surface area contributed by atoms with Gasteiger partial charge in [-0.2, -0.15) is 0 Å². The molecule has 4 atom stereocenters. The van der Waals surface area contributed by atoms with Gasteiger partial charge in [0.05, 0.1) is 6.10 Å². The van der Waals surface area contributed by atoms with E-state index >= 15 is 0 Å². The number of esters is 1. The molecule has 0 bridgehead atoms. The van der Waals surface area contributed by atoms with Gasteiger partial charge in [0.25, 0.3) is 0 Å². The van der Waals surface area contributed by atoms with Crippen LogP contribution in [0, 0.1) is 5.92 Å². The molecule has 2 aliphatic rings. The highest BCUT2D eigenvalue weighted by Crippen LogP contribution is 2.46. The smallest absolute Gasteiger partial charge is 0.315 e. The summed E-state index contributed by atoms with van der Waals surface area (Å²) in [6.07, 6.45) is 5.09. The molecule has 0 radical (unpaired) electrons. The van der Waals surface area contributed by atoms with Crippen LogP contribution >= 0.6 is 0 Å². The number of allylic oxidation sites excluding steroid dienone is 2. The lowest BCUT2D eigenvalue weighted by atomic mass is 9.69. The van der Waals surface area contributed by atoms with Gasteiger partial charge >= 0.3 is 5.97 Å². The lowest BCUT2D eigenvalue weighted by Gasteiger charge is -2.36. The van der Waals surface area contributed by atoms with E-state index in [9.17, 15) is 9.59 Å². The molecule has 1 unspecified atom stereocenters. The molecule has 0 spiro atoms. The lowest BCUT2D eigenvalue weighted by molar-refractivity contribution is -0.151. The Morgan fingerprint density at radius 2 is 1.87 bits per heavy atom. The first-order valence-corrected chi connectivity index (χ1v) is 11.0. The Kier molecular flexibility index (Phi) is 6.12. The lowest BCUT2D eigenvalue weighted by Crippen LogP contribution is -2.39. The standard InChI is InChI=1S/C26H28N2O3/c1-4-16(2)31-26(30)23-17(3)28-21-13-20(18-9-6-5-7-10-18)14-22(29)25(21)24(23)19-11-8-12-27-15-19/h5-12,15-16,20,23-24H,4,13-14H2,1-3H3/t16-,20-,23?,24-/m1/s1. The first-order chi connectivity index (χ1) is 15.0. The first kappa shape index (κ1) is 21.2. The highest BCUT2D eigenvalue weighted by Gasteiger charge is 2.45. The predicted octanol–water partition coefficient (Wildman–Crippen LogP) is 5.00. The number of hydrogen-bond donors (Lipinski definition) is 0. The normalized spacial score (nSPS) is 24.3. The van der Waals surface area contributed by atoms with Crippen molar-refractivity contribution in [3.05, 3.63) is 77.3 Å². The molecule has 1 aliphatic carbocycles.